The quantitative estimate of drug-likeness (QED) is 0.569. The zero-order valence-corrected chi connectivity index (χ0v) is 13.0. The van der Waals surface area contributed by atoms with Gasteiger partial charge in [-0.15, -0.1) is 0 Å². The Morgan fingerprint density at radius 3 is 2.75 bits per heavy atom. The van der Waals surface area contributed by atoms with E-state index in [1.165, 1.54) is 17.7 Å². The minimum Gasteiger partial charge on any atom is -0.338 e. The number of pyridine rings is 1. The van der Waals surface area contributed by atoms with Gasteiger partial charge in [0.1, 0.15) is 17.2 Å². The molecule has 2 N–H and O–H groups in total. The Labute approximate surface area is 138 Å². The van der Waals surface area contributed by atoms with E-state index in [1.54, 1.807) is 18.3 Å². The van der Waals surface area contributed by atoms with Gasteiger partial charge in [0.25, 0.3) is 0 Å². The van der Waals surface area contributed by atoms with Crippen LogP contribution in [0.5, 0.6) is 0 Å². The fraction of sp³-hybridized carbons (Fsp3) is 0.0526. The maximum absolute atomic E-state index is 13.4. The first-order valence-electron chi connectivity index (χ1n) is 7.63. The highest BCUT2D eigenvalue weighted by Crippen LogP contribution is 2.26. The lowest BCUT2D eigenvalue weighted by Gasteiger charge is -2.05. The summed E-state index contributed by atoms with van der Waals surface area (Å²) in [5, 5.41) is 3.13. The zero-order valence-electron chi connectivity index (χ0n) is 13.0. The van der Waals surface area contributed by atoms with Gasteiger partial charge in [0.15, 0.2) is 5.82 Å². The Morgan fingerprint density at radius 1 is 1.04 bits per heavy atom. The van der Waals surface area contributed by atoms with Crippen molar-refractivity contribution in [2.24, 2.45) is 0 Å². The van der Waals surface area contributed by atoms with Crippen molar-refractivity contribution in [3.8, 4) is 11.4 Å². The highest BCUT2D eigenvalue weighted by Gasteiger charge is 2.10. The summed E-state index contributed by atoms with van der Waals surface area (Å²) in [4.78, 5) is 12.3. The van der Waals surface area contributed by atoms with Gasteiger partial charge in [-0.1, -0.05) is 29.8 Å². The smallest absolute Gasteiger partial charge is 0.158 e. The van der Waals surface area contributed by atoms with Crippen molar-refractivity contribution in [2.45, 2.75) is 6.92 Å². The van der Waals surface area contributed by atoms with E-state index in [0.29, 0.717) is 11.5 Å². The Morgan fingerprint density at radius 2 is 1.92 bits per heavy atom. The molecule has 24 heavy (non-hydrogen) atoms. The second-order valence-electron chi connectivity index (χ2n) is 5.65. The van der Waals surface area contributed by atoms with E-state index in [4.69, 9.17) is 0 Å². The molecule has 0 unspecified atom stereocenters. The molecule has 0 saturated heterocycles. The van der Waals surface area contributed by atoms with Gasteiger partial charge in [0.2, 0.25) is 0 Å². The topological polar surface area (TPSA) is 53.6 Å². The van der Waals surface area contributed by atoms with E-state index in [2.05, 4.69) is 26.3 Å². The van der Waals surface area contributed by atoms with Gasteiger partial charge in [0, 0.05) is 17.4 Å². The summed E-state index contributed by atoms with van der Waals surface area (Å²) in [5.41, 5.74) is 4.42. The van der Waals surface area contributed by atoms with Gasteiger partial charge >= 0.3 is 0 Å². The number of aromatic amines is 1. The predicted octanol–water partition coefficient (Wildman–Crippen LogP) is 4.82. The van der Waals surface area contributed by atoms with Gasteiger partial charge in [0.05, 0.1) is 5.52 Å². The number of imidazole rings is 1. The van der Waals surface area contributed by atoms with Crippen molar-refractivity contribution in [2.75, 3.05) is 5.32 Å². The van der Waals surface area contributed by atoms with E-state index in [1.807, 2.05) is 31.2 Å². The summed E-state index contributed by atoms with van der Waals surface area (Å²) in [7, 11) is 0. The third-order valence-electron chi connectivity index (χ3n) is 3.78. The molecular formula is C19H15FN4. The van der Waals surface area contributed by atoms with Crippen molar-refractivity contribution >= 4 is 22.5 Å². The van der Waals surface area contributed by atoms with E-state index < -0.39 is 0 Å². The normalized spacial score (nSPS) is 10.9. The summed E-state index contributed by atoms with van der Waals surface area (Å²) in [6.45, 7) is 2.05. The van der Waals surface area contributed by atoms with Crippen LogP contribution in [0.4, 0.5) is 15.9 Å². The van der Waals surface area contributed by atoms with Crippen LogP contribution in [0.1, 0.15) is 5.56 Å². The molecule has 0 bridgehead atoms. The Hall–Kier alpha value is -3.21. The first-order valence-corrected chi connectivity index (χ1v) is 7.63. The molecule has 0 aliphatic carbocycles. The molecule has 0 aliphatic heterocycles. The van der Waals surface area contributed by atoms with E-state index >= 15 is 0 Å². The van der Waals surface area contributed by atoms with Crippen molar-refractivity contribution in [3.63, 3.8) is 0 Å². The minimum absolute atomic E-state index is 0.297. The number of fused-ring (bicyclic) bond motifs is 1. The van der Waals surface area contributed by atoms with E-state index in [0.717, 1.165) is 22.4 Å². The third-order valence-corrected chi connectivity index (χ3v) is 3.78. The molecule has 0 saturated carbocycles. The molecule has 4 rings (SSSR count). The van der Waals surface area contributed by atoms with Crippen LogP contribution in [0.2, 0.25) is 0 Å². The van der Waals surface area contributed by atoms with Crippen LogP contribution in [0.15, 0.2) is 60.8 Å². The highest BCUT2D eigenvalue weighted by molar-refractivity contribution is 5.89. The van der Waals surface area contributed by atoms with E-state index in [-0.39, 0.29) is 5.82 Å². The van der Waals surface area contributed by atoms with Crippen LogP contribution in [0.3, 0.4) is 0 Å². The third kappa shape index (κ3) is 2.72. The molecular weight excluding hydrogens is 303 g/mol. The Balaban J connectivity index is 1.77. The average Bonchev–Trinajstić information content (AvgIpc) is 3.00. The van der Waals surface area contributed by atoms with Crippen molar-refractivity contribution in [3.05, 3.63) is 72.2 Å². The summed E-state index contributed by atoms with van der Waals surface area (Å²) < 4.78 is 13.4. The minimum atomic E-state index is -0.297. The maximum atomic E-state index is 13.4. The lowest BCUT2D eigenvalue weighted by atomic mass is 10.1. The average molecular weight is 318 g/mol. The van der Waals surface area contributed by atoms with Gasteiger partial charge < -0.3 is 10.3 Å². The van der Waals surface area contributed by atoms with E-state index in [9.17, 15) is 4.39 Å². The maximum Gasteiger partial charge on any atom is 0.158 e. The summed E-state index contributed by atoms with van der Waals surface area (Å²) in [6, 6.07) is 16.3. The molecule has 118 valence electrons. The van der Waals surface area contributed by atoms with Crippen LogP contribution in [-0.4, -0.2) is 15.0 Å². The summed E-state index contributed by atoms with van der Waals surface area (Å²) in [6.07, 6.45) is 1.70. The molecule has 0 atom stereocenters. The van der Waals surface area contributed by atoms with Gasteiger partial charge in [-0.25, -0.2) is 14.4 Å². The number of halogens is 1. The monoisotopic (exact) mass is 318 g/mol. The SMILES string of the molecule is Cc1cccc(-c2nc3c(Nc4cccc(F)c4)nccc3[nH]2)c1. The van der Waals surface area contributed by atoms with Crippen molar-refractivity contribution in [1.82, 2.24) is 15.0 Å². The lowest BCUT2D eigenvalue weighted by molar-refractivity contribution is 0.628. The first-order chi connectivity index (χ1) is 11.7. The predicted molar refractivity (Wildman–Crippen MR) is 93.7 cm³/mol. The zero-order chi connectivity index (χ0) is 16.5. The Kier molecular flexibility index (Phi) is 3.46. The second kappa shape index (κ2) is 5.77. The molecule has 0 fully saturated rings. The number of rotatable bonds is 3. The van der Waals surface area contributed by atoms with Crippen molar-refractivity contribution in [1.29, 1.82) is 0 Å². The molecule has 0 aliphatic rings. The largest absolute Gasteiger partial charge is 0.338 e. The molecule has 2 aromatic heterocycles. The molecule has 2 aromatic carbocycles. The first kappa shape index (κ1) is 14.4. The molecule has 0 radical (unpaired) electrons. The van der Waals surface area contributed by atoms with Crippen molar-refractivity contribution < 1.29 is 4.39 Å². The highest BCUT2D eigenvalue weighted by atomic mass is 19.1. The lowest BCUT2D eigenvalue weighted by Crippen LogP contribution is -1.94. The number of nitrogens with one attached hydrogen (secondary N) is 2. The fourth-order valence-electron chi connectivity index (χ4n) is 2.66. The van der Waals surface area contributed by atoms with Crippen LogP contribution in [0, 0.1) is 12.7 Å². The number of hydrogen-bond donors (Lipinski definition) is 2. The molecule has 0 amide bonds. The van der Waals surface area contributed by atoms with Crippen LogP contribution < -0.4 is 5.32 Å². The molecule has 4 nitrogen and oxygen atoms in total. The van der Waals surface area contributed by atoms with Gasteiger partial charge in [-0.2, -0.15) is 0 Å². The summed E-state index contributed by atoms with van der Waals surface area (Å²) >= 11 is 0. The van der Waals surface area contributed by atoms with Crippen LogP contribution >= 0.6 is 0 Å². The molecule has 0 spiro atoms. The molecule has 2 heterocycles. The van der Waals surface area contributed by atoms with Crippen LogP contribution in [-0.2, 0) is 0 Å². The summed E-state index contributed by atoms with van der Waals surface area (Å²) in [5.74, 6) is 1.08. The number of H-pyrrole nitrogens is 1. The number of nitrogens with zero attached hydrogens (tertiary/aromatic N) is 2. The number of aryl methyl sites for hydroxylation is 1. The number of benzene rings is 2. The standard InChI is InChI=1S/C19H15FN4/c1-12-4-2-5-13(10-12)18-23-16-8-9-21-19(17(16)24-18)22-15-7-3-6-14(20)11-15/h2-11H,1H3,(H,21,22)(H,23,24). The molecule has 4 aromatic rings. The number of anilines is 2. The Bertz CT molecular complexity index is 1020. The van der Waals surface area contributed by atoms with Crippen LogP contribution in [0.25, 0.3) is 22.4 Å². The number of hydrogen-bond acceptors (Lipinski definition) is 3. The molecule has 5 heteroatoms. The second-order valence-corrected chi connectivity index (χ2v) is 5.65. The van der Waals surface area contributed by atoms with Gasteiger partial charge in [-0.05, 0) is 37.3 Å². The fourth-order valence-corrected chi connectivity index (χ4v) is 2.66. The van der Waals surface area contributed by atoms with Gasteiger partial charge in [-0.3, -0.25) is 0 Å². The number of aromatic nitrogens is 3.